The van der Waals surface area contributed by atoms with E-state index in [0.717, 1.165) is 11.2 Å². The highest BCUT2D eigenvalue weighted by molar-refractivity contribution is 6.62. The fraction of sp³-hybridized carbons (Fsp3) is 0.435. The predicted molar refractivity (Wildman–Crippen MR) is 115 cm³/mol. The maximum atomic E-state index is 12.8. The van der Waals surface area contributed by atoms with Crippen LogP contribution in [0.25, 0.3) is 0 Å². The smallest absolute Gasteiger partial charge is 0.399 e. The number of aryl methyl sites for hydroxylation is 1. The lowest BCUT2D eigenvalue weighted by Crippen LogP contribution is -2.41. The third-order valence-corrected chi connectivity index (χ3v) is 5.82. The second-order valence-corrected chi connectivity index (χ2v) is 8.89. The van der Waals surface area contributed by atoms with E-state index in [1.54, 1.807) is 6.07 Å². The maximum absolute atomic E-state index is 12.8. The van der Waals surface area contributed by atoms with Gasteiger partial charge in [0.1, 0.15) is 0 Å². The van der Waals surface area contributed by atoms with Gasteiger partial charge in [-0.2, -0.15) is 0 Å². The number of amides is 1. The Labute approximate surface area is 168 Å². The van der Waals surface area contributed by atoms with E-state index in [0.29, 0.717) is 11.5 Å². The predicted octanol–water partition coefficient (Wildman–Crippen LogP) is 4.67. The van der Waals surface area contributed by atoms with Gasteiger partial charge in [0, 0.05) is 11.3 Å². The van der Waals surface area contributed by atoms with Crippen molar-refractivity contribution >= 4 is 24.2 Å². The standard InChI is InChI=1S/C23H30BNO3/c1-15(2)20-12-11-19(13-16(20)3)25-21(26)17-9-8-10-18(14-17)24-27-22(4,5)23(6,7)28-24/h8-15H,1-7H3,(H,25,26). The van der Waals surface area contributed by atoms with Crippen LogP contribution in [-0.4, -0.2) is 24.2 Å². The summed E-state index contributed by atoms with van der Waals surface area (Å²) in [4.78, 5) is 12.8. The molecule has 0 atom stereocenters. The third-order valence-electron chi connectivity index (χ3n) is 5.82. The number of anilines is 1. The molecule has 1 aliphatic heterocycles. The fourth-order valence-electron chi connectivity index (χ4n) is 3.41. The highest BCUT2D eigenvalue weighted by Crippen LogP contribution is 2.36. The van der Waals surface area contributed by atoms with Crippen molar-refractivity contribution in [2.24, 2.45) is 0 Å². The third kappa shape index (κ3) is 4.01. The second kappa shape index (κ2) is 7.38. The first-order valence-electron chi connectivity index (χ1n) is 9.88. The van der Waals surface area contributed by atoms with Gasteiger partial charge in [0.15, 0.2) is 0 Å². The van der Waals surface area contributed by atoms with Crippen LogP contribution in [0.3, 0.4) is 0 Å². The first kappa shape index (κ1) is 20.6. The molecule has 1 fully saturated rings. The summed E-state index contributed by atoms with van der Waals surface area (Å²) in [6.45, 7) is 14.5. The summed E-state index contributed by atoms with van der Waals surface area (Å²) in [6, 6.07) is 13.5. The Bertz CT molecular complexity index is 873. The summed E-state index contributed by atoms with van der Waals surface area (Å²) >= 11 is 0. The molecule has 0 saturated carbocycles. The normalized spacial score (nSPS) is 17.8. The number of hydrogen-bond acceptors (Lipinski definition) is 3. The highest BCUT2D eigenvalue weighted by Gasteiger charge is 2.51. The Hall–Kier alpha value is -2.11. The summed E-state index contributed by atoms with van der Waals surface area (Å²) < 4.78 is 12.2. The molecule has 2 aromatic rings. The van der Waals surface area contributed by atoms with Crippen LogP contribution in [0, 0.1) is 6.92 Å². The van der Waals surface area contributed by atoms with E-state index in [-0.39, 0.29) is 5.91 Å². The van der Waals surface area contributed by atoms with E-state index in [1.165, 1.54) is 11.1 Å². The molecule has 1 aliphatic rings. The van der Waals surface area contributed by atoms with Crippen LogP contribution in [0.2, 0.25) is 0 Å². The van der Waals surface area contributed by atoms with Crippen molar-refractivity contribution in [2.45, 2.75) is 65.6 Å². The molecule has 1 amide bonds. The average Bonchev–Trinajstić information content (AvgIpc) is 2.82. The number of rotatable bonds is 4. The first-order valence-corrected chi connectivity index (χ1v) is 9.88. The Morgan fingerprint density at radius 1 is 1.00 bits per heavy atom. The van der Waals surface area contributed by atoms with Gasteiger partial charge < -0.3 is 14.6 Å². The lowest BCUT2D eigenvalue weighted by Gasteiger charge is -2.32. The number of hydrogen-bond donors (Lipinski definition) is 1. The molecule has 1 N–H and O–H groups in total. The summed E-state index contributed by atoms with van der Waals surface area (Å²) in [5, 5.41) is 2.99. The number of benzene rings is 2. The Morgan fingerprint density at radius 2 is 1.64 bits per heavy atom. The topological polar surface area (TPSA) is 47.6 Å². The molecule has 0 aromatic heterocycles. The summed E-state index contributed by atoms with van der Waals surface area (Å²) in [6.07, 6.45) is 0. The van der Waals surface area contributed by atoms with Crippen LogP contribution in [0.15, 0.2) is 42.5 Å². The van der Waals surface area contributed by atoms with Crippen molar-refractivity contribution in [3.05, 3.63) is 59.2 Å². The molecule has 4 nitrogen and oxygen atoms in total. The highest BCUT2D eigenvalue weighted by atomic mass is 16.7. The maximum Gasteiger partial charge on any atom is 0.494 e. The molecule has 0 spiro atoms. The van der Waals surface area contributed by atoms with Crippen LogP contribution in [-0.2, 0) is 9.31 Å². The van der Waals surface area contributed by atoms with Gasteiger partial charge in [0.05, 0.1) is 11.2 Å². The van der Waals surface area contributed by atoms with Gasteiger partial charge in [-0.25, -0.2) is 0 Å². The van der Waals surface area contributed by atoms with Crippen molar-refractivity contribution in [3.63, 3.8) is 0 Å². The summed E-state index contributed by atoms with van der Waals surface area (Å²) in [5.74, 6) is 0.316. The van der Waals surface area contributed by atoms with Crippen LogP contribution < -0.4 is 10.8 Å². The van der Waals surface area contributed by atoms with E-state index in [4.69, 9.17) is 9.31 Å². The summed E-state index contributed by atoms with van der Waals surface area (Å²) in [5.41, 5.74) is 3.87. The molecular formula is C23H30BNO3. The van der Waals surface area contributed by atoms with E-state index in [2.05, 4.69) is 32.2 Å². The SMILES string of the molecule is Cc1cc(NC(=O)c2cccc(B3OC(C)(C)C(C)(C)O3)c2)ccc1C(C)C. The van der Waals surface area contributed by atoms with Crippen LogP contribution >= 0.6 is 0 Å². The van der Waals surface area contributed by atoms with Gasteiger partial charge in [0.2, 0.25) is 0 Å². The second-order valence-electron chi connectivity index (χ2n) is 8.89. The van der Waals surface area contributed by atoms with Crippen molar-refractivity contribution < 1.29 is 14.1 Å². The molecule has 148 valence electrons. The molecule has 0 aliphatic carbocycles. The van der Waals surface area contributed by atoms with E-state index >= 15 is 0 Å². The number of carbonyl (C=O) groups excluding carboxylic acids is 1. The van der Waals surface area contributed by atoms with Gasteiger partial charge in [-0.3, -0.25) is 4.79 Å². The minimum Gasteiger partial charge on any atom is -0.399 e. The average molecular weight is 379 g/mol. The lowest BCUT2D eigenvalue weighted by molar-refractivity contribution is 0.00578. The van der Waals surface area contributed by atoms with Crippen LogP contribution in [0.5, 0.6) is 0 Å². The van der Waals surface area contributed by atoms with Crippen LogP contribution in [0.1, 0.15) is 68.9 Å². The van der Waals surface area contributed by atoms with Crippen molar-refractivity contribution in [1.82, 2.24) is 0 Å². The van der Waals surface area contributed by atoms with Gasteiger partial charge in [-0.05, 0) is 81.4 Å². The van der Waals surface area contributed by atoms with Gasteiger partial charge >= 0.3 is 7.12 Å². The minimum absolute atomic E-state index is 0.143. The number of nitrogens with one attached hydrogen (secondary N) is 1. The molecule has 0 bridgehead atoms. The monoisotopic (exact) mass is 379 g/mol. The molecule has 0 radical (unpaired) electrons. The lowest BCUT2D eigenvalue weighted by atomic mass is 9.78. The molecule has 2 aromatic carbocycles. The Balaban J connectivity index is 1.77. The molecule has 28 heavy (non-hydrogen) atoms. The van der Waals surface area contributed by atoms with Gasteiger partial charge in [0.25, 0.3) is 5.91 Å². The van der Waals surface area contributed by atoms with Crippen molar-refractivity contribution in [2.75, 3.05) is 5.32 Å². The Kier molecular flexibility index (Phi) is 5.43. The number of carbonyl (C=O) groups is 1. The minimum atomic E-state index is -0.481. The van der Waals surface area contributed by atoms with E-state index in [9.17, 15) is 4.79 Å². The summed E-state index contributed by atoms with van der Waals surface area (Å²) in [7, 11) is -0.481. The molecule has 1 heterocycles. The van der Waals surface area contributed by atoms with E-state index in [1.807, 2.05) is 58.0 Å². The molecule has 1 saturated heterocycles. The molecule has 0 unspecified atom stereocenters. The fourth-order valence-corrected chi connectivity index (χ4v) is 3.41. The van der Waals surface area contributed by atoms with E-state index < -0.39 is 18.3 Å². The van der Waals surface area contributed by atoms with Gasteiger partial charge in [-0.1, -0.05) is 32.0 Å². The van der Waals surface area contributed by atoms with Crippen LogP contribution in [0.4, 0.5) is 5.69 Å². The van der Waals surface area contributed by atoms with Crippen molar-refractivity contribution in [3.8, 4) is 0 Å². The quantitative estimate of drug-likeness (QED) is 0.786. The van der Waals surface area contributed by atoms with Crippen molar-refractivity contribution in [1.29, 1.82) is 0 Å². The molecule has 5 heteroatoms. The zero-order valence-electron chi connectivity index (χ0n) is 17.9. The van der Waals surface area contributed by atoms with Gasteiger partial charge in [-0.15, -0.1) is 0 Å². The molecular weight excluding hydrogens is 349 g/mol. The zero-order valence-corrected chi connectivity index (χ0v) is 17.9. The zero-order chi connectivity index (χ0) is 20.7. The largest absolute Gasteiger partial charge is 0.494 e. The molecule has 3 rings (SSSR count). The first-order chi connectivity index (χ1) is 13.0. The Morgan fingerprint density at radius 3 is 2.21 bits per heavy atom.